The number of anilines is 6. The first kappa shape index (κ1) is 45.2. The summed E-state index contributed by atoms with van der Waals surface area (Å²) in [6, 6.07) is 56.7. The van der Waals surface area contributed by atoms with Crippen LogP contribution in [0.5, 0.6) is 0 Å². The van der Waals surface area contributed by atoms with Crippen molar-refractivity contribution in [1.82, 2.24) is 0 Å². The standard InChI is InChI=1S/C62H66N2Si/c1-39-15-23-55(24-16-39)65(56-25-17-40(2)18-26-56,57-27-19-53(20-28-57)63(59-45(7)31-41(3)32-46(59)8)60-47(9)33-42(4)34-48(60)10)58-29-21-54(22-30-58)64(61-49(11)35-43(5)36-50(61)12)62-51(13)37-44(6)38-52(62)14/h15-38H,1-14H3. The predicted molar refractivity (Wildman–Crippen MR) is 286 cm³/mol. The Morgan fingerprint density at radius 2 is 0.415 bits per heavy atom. The molecule has 0 amide bonds. The molecule has 0 radical (unpaired) electrons. The first-order valence-electron chi connectivity index (χ1n) is 23.2. The lowest BCUT2D eigenvalue weighted by molar-refractivity contribution is 1.16. The van der Waals surface area contributed by atoms with Gasteiger partial charge in [0, 0.05) is 11.4 Å². The van der Waals surface area contributed by atoms with E-state index in [4.69, 9.17) is 0 Å². The molecular formula is C62H66N2Si. The van der Waals surface area contributed by atoms with E-state index in [0.717, 1.165) is 11.4 Å². The molecule has 0 spiro atoms. The Morgan fingerprint density at radius 3 is 0.615 bits per heavy atom. The van der Waals surface area contributed by atoms with Crippen molar-refractivity contribution in [2.75, 3.05) is 9.80 Å². The van der Waals surface area contributed by atoms with Crippen molar-refractivity contribution < 1.29 is 0 Å². The Bertz CT molecular complexity index is 2630. The van der Waals surface area contributed by atoms with Crippen LogP contribution in [0.15, 0.2) is 146 Å². The van der Waals surface area contributed by atoms with Crippen LogP contribution in [0.25, 0.3) is 0 Å². The molecule has 0 aliphatic heterocycles. The second-order valence-corrected chi connectivity index (χ2v) is 23.0. The van der Waals surface area contributed by atoms with Gasteiger partial charge >= 0.3 is 0 Å². The van der Waals surface area contributed by atoms with E-state index in [1.54, 1.807) is 0 Å². The number of benzene rings is 8. The molecule has 0 aliphatic carbocycles. The van der Waals surface area contributed by atoms with Crippen LogP contribution < -0.4 is 30.5 Å². The van der Waals surface area contributed by atoms with Crippen LogP contribution in [0.2, 0.25) is 0 Å². The highest BCUT2D eigenvalue weighted by atomic mass is 28.3. The van der Waals surface area contributed by atoms with Crippen molar-refractivity contribution in [3.8, 4) is 0 Å². The molecule has 0 saturated carbocycles. The van der Waals surface area contributed by atoms with E-state index in [1.165, 1.54) is 121 Å². The molecule has 0 heterocycles. The smallest absolute Gasteiger partial charge is 0.179 e. The summed E-state index contributed by atoms with van der Waals surface area (Å²) < 4.78 is 0. The van der Waals surface area contributed by atoms with E-state index < -0.39 is 8.07 Å². The Balaban J connectivity index is 1.38. The van der Waals surface area contributed by atoms with Crippen LogP contribution >= 0.6 is 0 Å². The molecule has 0 N–H and O–H groups in total. The third-order valence-corrected chi connectivity index (χ3v) is 18.3. The van der Waals surface area contributed by atoms with E-state index in [0.29, 0.717) is 0 Å². The molecule has 8 rings (SSSR count). The lowest BCUT2D eigenvalue weighted by Crippen LogP contribution is -2.74. The molecule has 3 heteroatoms. The summed E-state index contributed by atoms with van der Waals surface area (Å²) in [5, 5.41) is 5.44. The number of aryl methyl sites for hydroxylation is 14. The van der Waals surface area contributed by atoms with Gasteiger partial charge in [0.1, 0.15) is 0 Å². The van der Waals surface area contributed by atoms with Gasteiger partial charge in [-0.2, -0.15) is 0 Å². The summed E-state index contributed by atoms with van der Waals surface area (Å²) in [7, 11) is -2.93. The van der Waals surface area contributed by atoms with Gasteiger partial charge in [-0.15, -0.1) is 0 Å². The van der Waals surface area contributed by atoms with Gasteiger partial charge in [0.05, 0.1) is 22.7 Å². The molecule has 0 saturated heterocycles. The first-order valence-corrected chi connectivity index (χ1v) is 25.2. The van der Waals surface area contributed by atoms with Crippen LogP contribution in [0.1, 0.15) is 77.9 Å². The van der Waals surface area contributed by atoms with Gasteiger partial charge in [0.15, 0.2) is 8.07 Å². The summed E-state index contributed by atoms with van der Waals surface area (Å²) in [5.41, 5.74) is 25.2. The van der Waals surface area contributed by atoms with Crippen molar-refractivity contribution in [3.05, 3.63) is 223 Å². The number of rotatable bonds is 10. The van der Waals surface area contributed by atoms with Crippen molar-refractivity contribution in [2.24, 2.45) is 0 Å². The van der Waals surface area contributed by atoms with Crippen LogP contribution in [-0.2, 0) is 0 Å². The van der Waals surface area contributed by atoms with Gasteiger partial charge < -0.3 is 9.80 Å². The molecule has 65 heavy (non-hydrogen) atoms. The number of nitrogens with zero attached hydrogens (tertiary/aromatic N) is 2. The van der Waals surface area contributed by atoms with E-state index in [1.807, 2.05) is 0 Å². The topological polar surface area (TPSA) is 6.48 Å². The van der Waals surface area contributed by atoms with Gasteiger partial charge in [0.25, 0.3) is 0 Å². The minimum atomic E-state index is -2.93. The average molecular weight is 867 g/mol. The molecule has 8 aromatic carbocycles. The zero-order chi connectivity index (χ0) is 46.5. The third kappa shape index (κ3) is 8.39. The van der Waals surface area contributed by atoms with Crippen molar-refractivity contribution in [3.63, 3.8) is 0 Å². The van der Waals surface area contributed by atoms with Gasteiger partial charge in [-0.3, -0.25) is 0 Å². The fourth-order valence-electron chi connectivity index (χ4n) is 11.2. The number of hydrogen-bond donors (Lipinski definition) is 0. The summed E-state index contributed by atoms with van der Waals surface area (Å²) in [5.74, 6) is 0. The first-order chi connectivity index (χ1) is 31.0. The minimum Gasteiger partial charge on any atom is -0.309 e. The second kappa shape index (κ2) is 17.9. The lowest BCUT2D eigenvalue weighted by Gasteiger charge is -2.36. The normalized spacial score (nSPS) is 11.5. The van der Waals surface area contributed by atoms with Gasteiger partial charge in [0.2, 0.25) is 0 Å². The maximum atomic E-state index is 2.52. The Labute approximate surface area is 391 Å². The summed E-state index contributed by atoms with van der Waals surface area (Å²) in [4.78, 5) is 5.04. The van der Waals surface area contributed by atoms with Gasteiger partial charge in [-0.05, 0) is 186 Å². The maximum Gasteiger partial charge on any atom is 0.179 e. The SMILES string of the molecule is Cc1ccc([Si](c2ccc(C)cc2)(c2ccc(N(c3c(C)cc(C)cc3C)c3c(C)cc(C)cc3C)cc2)c2ccc(N(c3c(C)cc(C)cc3C)c3c(C)cc(C)cc3C)cc2)cc1. The highest BCUT2D eigenvalue weighted by Gasteiger charge is 2.42. The molecule has 8 aromatic rings. The number of hydrogen-bond acceptors (Lipinski definition) is 2. The van der Waals surface area contributed by atoms with E-state index in [9.17, 15) is 0 Å². The van der Waals surface area contributed by atoms with Crippen LogP contribution in [0.3, 0.4) is 0 Å². The molecule has 0 bridgehead atoms. The van der Waals surface area contributed by atoms with Crippen LogP contribution in [0, 0.1) is 96.9 Å². The minimum absolute atomic E-state index is 1.16. The molecule has 0 fully saturated rings. The van der Waals surface area contributed by atoms with Crippen molar-refractivity contribution in [1.29, 1.82) is 0 Å². The molecule has 0 aliphatic rings. The molecule has 0 aromatic heterocycles. The summed E-state index contributed by atoms with van der Waals surface area (Å²) in [6.45, 7) is 31.3. The van der Waals surface area contributed by atoms with Crippen molar-refractivity contribution in [2.45, 2.75) is 96.9 Å². The largest absolute Gasteiger partial charge is 0.309 e. The zero-order valence-corrected chi connectivity index (χ0v) is 42.3. The fraction of sp³-hybridized carbons (Fsp3) is 0.226. The molecule has 2 nitrogen and oxygen atoms in total. The second-order valence-electron chi connectivity index (χ2n) is 19.2. The molecule has 0 unspecified atom stereocenters. The summed E-state index contributed by atoms with van der Waals surface area (Å²) in [6.07, 6.45) is 0. The molecule has 328 valence electrons. The Kier molecular flexibility index (Phi) is 12.4. The lowest BCUT2D eigenvalue weighted by atomic mass is 9.99. The van der Waals surface area contributed by atoms with Crippen LogP contribution in [-0.4, -0.2) is 8.07 Å². The Hall–Kier alpha value is -6.42. The van der Waals surface area contributed by atoms with Gasteiger partial charge in [-0.25, -0.2) is 0 Å². The maximum absolute atomic E-state index is 2.93. The Morgan fingerprint density at radius 1 is 0.231 bits per heavy atom. The summed E-state index contributed by atoms with van der Waals surface area (Å²) >= 11 is 0. The van der Waals surface area contributed by atoms with Gasteiger partial charge in [-0.1, -0.05) is 155 Å². The highest BCUT2D eigenvalue weighted by molar-refractivity contribution is 7.19. The van der Waals surface area contributed by atoms with E-state index in [2.05, 4.69) is 252 Å². The van der Waals surface area contributed by atoms with Crippen molar-refractivity contribution >= 4 is 62.9 Å². The zero-order valence-electron chi connectivity index (χ0n) is 41.3. The predicted octanol–water partition coefficient (Wildman–Crippen LogP) is 14.3. The highest BCUT2D eigenvalue weighted by Crippen LogP contribution is 2.44. The van der Waals surface area contributed by atoms with Crippen LogP contribution in [0.4, 0.5) is 34.1 Å². The molecule has 0 atom stereocenters. The van der Waals surface area contributed by atoms with E-state index >= 15 is 0 Å². The molecular weight excluding hydrogens is 801 g/mol. The average Bonchev–Trinajstić information content (AvgIpc) is 3.23. The fourth-order valence-corrected chi connectivity index (χ4v) is 15.8. The van der Waals surface area contributed by atoms with E-state index in [-0.39, 0.29) is 0 Å². The third-order valence-electron chi connectivity index (χ3n) is 13.5. The quantitative estimate of drug-likeness (QED) is 0.0998. The monoisotopic (exact) mass is 866 g/mol.